The Morgan fingerprint density at radius 2 is 1.06 bits per heavy atom. The lowest BCUT2D eigenvalue weighted by Gasteiger charge is -2.28. The standard InChI is InChI=1S/C31H42N6O10/c1-15(2)25(30(45)37-26(16(3)38)31(46)47)36-29(44)23(13-18-6-10-20(40)11-7-18)35-28(43)22(12-17-4-8-19(39)9-5-17)34-27(42)21(32)14-24(33)41/h4-11,15-16,21-23,25-26,38-40H,12-14,32H2,1-3H3,(H2,33,41)(H,34,42)(H,35,43)(H,36,44)(H,37,45)(H,46,47)/t16-,21+,22+,23+,25+,26+/m1/s1. The van der Waals surface area contributed by atoms with E-state index < -0.39 is 84.2 Å². The van der Waals surface area contributed by atoms with Crippen molar-refractivity contribution in [1.29, 1.82) is 0 Å². The maximum Gasteiger partial charge on any atom is 0.328 e. The van der Waals surface area contributed by atoms with Crippen LogP contribution in [0.5, 0.6) is 11.5 Å². The fourth-order valence-electron chi connectivity index (χ4n) is 4.44. The summed E-state index contributed by atoms with van der Waals surface area (Å²) in [5.74, 6) is -6.44. The number of benzene rings is 2. The zero-order valence-electron chi connectivity index (χ0n) is 26.2. The molecule has 0 fully saturated rings. The molecule has 5 amide bonds. The molecule has 0 unspecified atom stereocenters. The topological polar surface area (TPSA) is 284 Å². The van der Waals surface area contributed by atoms with Crippen LogP contribution in [0.3, 0.4) is 0 Å². The predicted octanol–water partition coefficient (Wildman–Crippen LogP) is -1.85. The van der Waals surface area contributed by atoms with Gasteiger partial charge in [0.05, 0.1) is 18.6 Å². The number of carbonyl (C=O) groups excluding carboxylic acids is 5. The summed E-state index contributed by atoms with van der Waals surface area (Å²) in [5.41, 5.74) is 11.9. The Morgan fingerprint density at radius 3 is 1.45 bits per heavy atom. The van der Waals surface area contributed by atoms with Crippen LogP contribution in [0.4, 0.5) is 0 Å². The number of phenols is 2. The number of carbonyl (C=O) groups is 6. The van der Waals surface area contributed by atoms with E-state index in [0.29, 0.717) is 11.1 Å². The predicted molar refractivity (Wildman–Crippen MR) is 167 cm³/mol. The lowest BCUT2D eigenvalue weighted by Crippen LogP contribution is -2.60. The first-order chi connectivity index (χ1) is 22.0. The lowest BCUT2D eigenvalue weighted by atomic mass is 9.99. The summed E-state index contributed by atoms with van der Waals surface area (Å²) in [6.07, 6.45) is -2.21. The van der Waals surface area contributed by atoms with Crippen LogP contribution in [-0.4, -0.2) is 92.2 Å². The van der Waals surface area contributed by atoms with Gasteiger partial charge in [0, 0.05) is 12.8 Å². The molecule has 16 nitrogen and oxygen atoms in total. The number of nitrogens with two attached hydrogens (primary N) is 2. The minimum absolute atomic E-state index is 0.0419. The summed E-state index contributed by atoms with van der Waals surface area (Å²) in [7, 11) is 0. The molecule has 0 aliphatic rings. The molecule has 12 N–H and O–H groups in total. The molecule has 2 aromatic rings. The van der Waals surface area contributed by atoms with Crippen molar-refractivity contribution >= 4 is 35.5 Å². The molecule has 0 spiro atoms. The van der Waals surface area contributed by atoms with Crippen LogP contribution < -0.4 is 32.7 Å². The molecule has 2 rings (SSSR count). The van der Waals surface area contributed by atoms with Crippen LogP contribution in [0.1, 0.15) is 38.3 Å². The Kier molecular flexibility index (Phi) is 14.1. The average Bonchev–Trinajstić information content (AvgIpc) is 2.98. The van der Waals surface area contributed by atoms with Gasteiger partial charge < -0.3 is 53.2 Å². The molecule has 0 aliphatic heterocycles. The van der Waals surface area contributed by atoms with Gasteiger partial charge in [-0.15, -0.1) is 0 Å². The maximum atomic E-state index is 13.7. The zero-order valence-corrected chi connectivity index (χ0v) is 26.2. The smallest absolute Gasteiger partial charge is 0.328 e. The first kappa shape index (κ1) is 38.0. The van der Waals surface area contributed by atoms with Crippen molar-refractivity contribution in [3.05, 3.63) is 59.7 Å². The van der Waals surface area contributed by atoms with Crippen molar-refractivity contribution < 1.29 is 49.2 Å². The summed E-state index contributed by atoms with van der Waals surface area (Å²) in [6, 6.07) is 4.48. The van der Waals surface area contributed by atoms with E-state index in [1.807, 2.05) is 0 Å². The van der Waals surface area contributed by atoms with Gasteiger partial charge in [-0.25, -0.2) is 4.79 Å². The lowest BCUT2D eigenvalue weighted by molar-refractivity contribution is -0.145. The number of rotatable bonds is 17. The van der Waals surface area contributed by atoms with Gasteiger partial charge >= 0.3 is 5.97 Å². The molecule has 0 saturated carbocycles. The summed E-state index contributed by atoms with van der Waals surface area (Å²) in [4.78, 5) is 76.1. The number of nitrogens with one attached hydrogen (secondary N) is 4. The van der Waals surface area contributed by atoms with Gasteiger partial charge in [-0.3, -0.25) is 24.0 Å². The fourth-order valence-corrected chi connectivity index (χ4v) is 4.44. The number of aliphatic carboxylic acids is 1. The monoisotopic (exact) mass is 658 g/mol. The van der Waals surface area contributed by atoms with Crippen molar-refractivity contribution in [3.8, 4) is 11.5 Å². The van der Waals surface area contributed by atoms with E-state index in [4.69, 9.17) is 11.5 Å². The van der Waals surface area contributed by atoms with Gasteiger partial charge in [-0.2, -0.15) is 0 Å². The van der Waals surface area contributed by atoms with Crippen LogP contribution >= 0.6 is 0 Å². The van der Waals surface area contributed by atoms with Crippen LogP contribution in [0, 0.1) is 5.92 Å². The fraction of sp³-hybridized carbons (Fsp3) is 0.419. The Labute approximate surface area is 270 Å². The number of amides is 5. The highest BCUT2D eigenvalue weighted by atomic mass is 16.4. The summed E-state index contributed by atoms with van der Waals surface area (Å²) in [5, 5.41) is 48.3. The highest BCUT2D eigenvalue weighted by Gasteiger charge is 2.34. The number of aliphatic hydroxyl groups is 1. The van der Waals surface area contributed by atoms with Crippen molar-refractivity contribution in [2.24, 2.45) is 17.4 Å². The van der Waals surface area contributed by atoms with Gasteiger partial charge in [0.15, 0.2) is 6.04 Å². The van der Waals surface area contributed by atoms with E-state index in [1.54, 1.807) is 13.8 Å². The normalized spacial score (nSPS) is 14.9. The number of aliphatic hydroxyl groups excluding tert-OH is 1. The second-order valence-electron chi connectivity index (χ2n) is 11.4. The molecule has 0 aliphatic carbocycles. The maximum absolute atomic E-state index is 13.7. The Balaban J connectivity index is 2.40. The van der Waals surface area contributed by atoms with E-state index in [9.17, 15) is 49.2 Å². The summed E-state index contributed by atoms with van der Waals surface area (Å²) in [6.45, 7) is 4.36. The molecule has 0 saturated heterocycles. The quantitative estimate of drug-likeness (QED) is 0.0900. The second-order valence-corrected chi connectivity index (χ2v) is 11.4. The number of carboxylic acid groups (broad SMARTS) is 1. The average molecular weight is 659 g/mol. The number of hydrogen-bond acceptors (Lipinski definition) is 10. The molecule has 0 heterocycles. The Bertz CT molecular complexity index is 1410. The van der Waals surface area contributed by atoms with Gasteiger partial charge in [0.1, 0.15) is 29.6 Å². The van der Waals surface area contributed by atoms with E-state index >= 15 is 0 Å². The minimum atomic E-state index is -1.65. The van der Waals surface area contributed by atoms with Crippen molar-refractivity contribution in [1.82, 2.24) is 21.3 Å². The molecule has 47 heavy (non-hydrogen) atoms. The summed E-state index contributed by atoms with van der Waals surface area (Å²) < 4.78 is 0. The van der Waals surface area contributed by atoms with Crippen LogP contribution in [-0.2, 0) is 41.6 Å². The molecule has 256 valence electrons. The third-order valence-corrected chi connectivity index (χ3v) is 7.07. The Hall–Kier alpha value is -5.22. The van der Waals surface area contributed by atoms with E-state index in [0.717, 1.165) is 0 Å². The van der Waals surface area contributed by atoms with Gasteiger partial charge in [-0.1, -0.05) is 38.1 Å². The summed E-state index contributed by atoms with van der Waals surface area (Å²) >= 11 is 0. The Morgan fingerprint density at radius 1 is 0.660 bits per heavy atom. The third kappa shape index (κ3) is 12.2. The SMILES string of the molecule is CC(C)[C@H](NC(=O)[C@H](Cc1ccc(O)cc1)NC(=O)[C@H](Cc1ccc(O)cc1)NC(=O)[C@@H](N)CC(N)=O)C(=O)N[C@H](C(=O)O)[C@@H](C)O. The molecule has 0 aromatic heterocycles. The van der Waals surface area contributed by atoms with E-state index in [1.165, 1.54) is 55.5 Å². The zero-order chi connectivity index (χ0) is 35.4. The van der Waals surface area contributed by atoms with E-state index in [2.05, 4.69) is 21.3 Å². The van der Waals surface area contributed by atoms with Gasteiger partial charge in [-0.05, 0) is 48.2 Å². The molecule has 0 bridgehead atoms. The van der Waals surface area contributed by atoms with Crippen LogP contribution in [0.15, 0.2) is 48.5 Å². The molecule has 0 radical (unpaired) electrons. The first-order valence-electron chi connectivity index (χ1n) is 14.7. The largest absolute Gasteiger partial charge is 0.508 e. The highest BCUT2D eigenvalue weighted by molar-refractivity contribution is 5.96. The van der Waals surface area contributed by atoms with Crippen molar-refractivity contribution in [3.63, 3.8) is 0 Å². The molecular formula is C31H42N6O10. The molecule has 2 aromatic carbocycles. The highest BCUT2D eigenvalue weighted by Crippen LogP contribution is 2.14. The second kappa shape index (κ2) is 17.5. The number of primary amides is 1. The van der Waals surface area contributed by atoms with Crippen molar-refractivity contribution in [2.45, 2.75) is 76.3 Å². The molecule has 16 heteroatoms. The van der Waals surface area contributed by atoms with Crippen molar-refractivity contribution in [2.75, 3.05) is 0 Å². The number of phenolic OH excluding ortho intramolecular Hbond substituents is 2. The first-order valence-corrected chi connectivity index (χ1v) is 14.7. The molecular weight excluding hydrogens is 616 g/mol. The minimum Gasteiger partial charge on any atom is -0.508 e. The number of hydrogen-bond donors (Lipinski definition) is 10. The van der Waals surface area contributed by atoms with Gasteiger partial charge in [0.25, 0.3) is 0 Å². The van der Waals surface area contributed by atoms with E-state index in [-0.39, 0.29) is 24.3 Å². The third-order valence-electron chi connectivity index (χ3n) is 7.07. The molecule has 6 atom stereocenters. The van der Waals surface area contributed by atoms with Crippen LogP contribution in [0.25, 0.3) is 0 Å². The van der Waals surface area contributed by atoms with Crippen LogP contribution in [0.2, 0.25) is 0 Å². The number of carboxylic acids is 1. The van der Waals surface area contributed by atoms with Gasteiger partial charge in [0.2, 0.25) is 29.5 Å². The number of aromatic hydroxyl groups is 2.